The summed E-state index contributed by atoms with van der Waals surface area (Å²) in [5.41, 5.74) is 2.63. The minimum atomic E-state index is 0.0175. The van der Waals surface area contributed by atoms with Gasteiger partial charge in [-0.25, -0.2) is 9.98 Å². The van der Waals surface area contributed by atoms with Crippen LogP contribution in [0.25, 0.3) is 5.78 Å². The second-order valence-corrected chi connectivity index (χ2v) is 6.94. The number of rotatable bonds is 5. The minimum absolute atomic E-state index is 0.0175. The molecule has 4 heterocycles. The molecular weight excluding hydrogens is 316 g/mol. The van der Waals surface area contributed by atoms with E-state index in [1.807, 2.05) is 27.7 Å². The van der Waals surface area contributed by atoms with Gasteiger partial charge >= 0.3 is 0 Å². The summed E-state index contributed by atoms with van der Waals surface area (Å²) in [5, 5.41) is 4.42. The molecule has 4 rings (SSSR count). The number of imidazole rings is 1. The molecule has 0 radical (unpaired) electrons. The van der Waals surface area contributed by atoms with Crippen molar-refractivity contribution in [3.63, 3.8) is 0 Å². The van der Waals surface area contributed by atoms with Crippen LogP contribution in [0.1, 0.15) is 38.3 Å². The fraction of sp³-hybridized carbons (Fsp3) is 0.444. The Morgan fingerprint density at radius 3 is 2.92 bits per heavy atom. The molecule has 0 amide bonds. The number of nitrogens with zero attached hydrogens (tertiary/aromatic N) is 6. The van der Waals surface area contributed by atoms with Crippen LogP contribution in [0.15, 0.2) is 34.6 Å². The Balaban J connectivity index is 1.78. The van der Waals surface area contributed by atoms with E-state index in [1.54, 1.807) is 10.8 Å². The zero-order valence-corrected chi connectivity index (χ0v) is 14.8. The third kappa shape index (κ3) is 2.59. The number of fused-ring (bicyclic) bond motifs is 3. The summed E-state index contributed by atoms with van der Waals surface area (Å²) in [4.78, 5) is 22.0. The topological polar surface area (TPSA) is 69.5 Å². The largest absolute Gasteiger partial charge is 0.278 e. The van der Waals surface area contributed by atoms with Crippen molar-refractivity contribution < 1.29 is 0 Å². The molecule has 7 nitrogen and oxygen atoms in total. The molecule has 0 aromatic carbocycles. The SMILES string of the molecule is CCCn1c(=O)c2c(n3ccnc13)N=C(c1cnn(CC(C)C)c1)C2. The van der Waals surface area contributed by atoms with Crippen molar-refractivity contribution in [2.75, 3.05) is 0 Å². The Bertz CT molecular complexity index is 1020. The first-order valence-electron chi connectivity index (χ1n) is 8.77. The molecule has 0 aliphatic carbocycles. The van der Waals surface area contributed by atoms with Crippen LogP contribution in [-0.2, 0) is 19.5 Å². The zero-order chi connectivity index (χ0) is 17.6. The number of hydrogen-bond acceptors (Lipinski definition) is 4. The highest BCUT2D eigenvalue weighted by molar-refractivity contribution is 6.05. The average molecular weight is 338 g/mol. The molecule has 0 saturated carbocycles. The van der Waals surface area contributed by atoms with Crippen LogP contribution >= 0.6 is 0 Å². The highest BCUT2D eigenvalue weighted by Crippen LogP contribution is 2.27. The van der Waals surface area contributed by atoms with E-state index < -0.39 is 0 Å². The Morgan fingerprint density at radius 2 is 2.16 bits per heavy atom. The van der Waals surface area contributed by atoms with Crippen LogP contribution in [0.5, 0.6) is 0 Å². The lowest BCUT2D eigenvalue weighted by Gasteiger charge is -2.09. The summed E-state index contributed by atoms with van der Waals surface area (Å²) >= 11 is 0. The third-order valence-electron chi connectivity index (χ3n) is 4.42. The van der Waals surface area contributed by atoms with E-state index >= 15 is 0 Å². The first-order valence-corrected chi connectivity index (χ1v) is 8.77. The molecular formula is C18H22N6O. The molecule has 0 atom stereocenters. The van der Waals surface area contributed by atoms with Crippen molar-refractivity contribution in [3.05, 3.63) is 46.3 Å². The van der Waals surface area contributed by atoms with Gasteiger partial charge in [0.1, 0.15) is 5.82 Å². The minimum Gasteiger partial charge on any atom is -0.278 e. The molecule has 3 aromatic heterocycles. The van der Waals surface area contributed by atoms with Crippen LogP contribution in [0.2, 0.25) is 0 Å². The van der Waals surface area contributed by atoms with Crippen molar-refractivity contribution in [3.8, 4) is 0 Å². The van der Waals surface area contributed by atoms with Crippen LogP contribution in [0.4, 0.5) is 5.82 Å². The standard InChI is InChI=1S/C18H22N6O/c1-4-6-24-17(25)14-8-15(13-9-20-22(11-13)10-12(2)3)21-16(14)23-7-5-19-18(23)24/h5,7,9,11-12H,4,6,8,10H2,1-3H3. The van der Waals surface area contributed by atoms with Gasteiger partial charge in [-0.3, -0.25) is 18.4 Å². The zero-order valence-electron chi connectivity index (χ0n) is 14.8. The van der Waals surface area contributed by atoms with Gasteiger partial charge in [0, 0.05) is 43.7 Å². The number of aliphatic imine (C=N–C) groups is 1. The van der Waals surface area contributed by atoms with Gasteiger partial charge in [-0.2, -0.15) is 5.10 Å². The monoisotopic (exact) mass is 338 g/mol. The second-order valence-electron chi connectivity index (χ2n) is 6.94. The maximum absolute atomic E-state index is 12.9. The van der Waals surface area contributed by atoms with Gasteiger partial charge in [0.25, 0.3) is 5.56 Å². The fourth-order valence-corrected chi connectivity index (χ4v) is 3.34. The van der Waals surface area contributed by atoms with Crippen molar-refractivity contribution >= 4 is 17.3 Å². The lowest BCUT2D eigenvalue weighted by Crippen LogP contribution is -2.26. The van der Waals surface area contributed by atoms with Crippen LogP contribution < -0.4 is 5.56 Å². The summed E-state index contributed by atoms with van der Waals surface area (Å²) in [7, 11) is 0. The van der Waals surface area contributed by atoms with Crippen LogP contribution in [0, 0.1) is 5.92 Å². The molecule has 0 bridgehead atoms. The molecule has 0 unspecified atom stereocenters. The lowest BCUT2D eigenvalue weighted by molar-refractivity contribution is 0.483. The van der Waals surface area contributed by atoms with Crippen molar-refractivity contribution in [1.82, 2.24) is 23.7 Å². The molecule has 7 heteroatoms. The van der Waals surface area contributed by atoms with E-state index in [0.717, 1.165) is 29.8 Å². The van der Waals surface area contributed by atoms with E-state index in [4.69, 9.17) is 4.99 Å². The molecule has 0 fully saturated rings. The predicted octanol–water partition coefficient (Wildman–Crippen LogP) is 2.44. The Hall–Kier alpha value is -2.70. The number of aromatic nitrogens is 5. The van der Waals surface area contributed by atoms with E-state index in [9.17, 15) is 4.79 Å². The average Bonchev–Trinajstić information content (AvgIpc) is 3.28. The van der Waals surface area contributed by atoms with Gasteiger partial charge < -0.3 is 0 Å². The summed E-state index contributed by atoms with van der Waals surface area (Å²) < 4.78 is 5.60. The molecule has 3 aromatic rings. The Morgan fingerprint density at radius 1 is 1.32 bits per heavy atom. The fourth-order valence-electron chi connectivity index (χ4n) is 3.34. The predicted molar refractivity (Wildman–Crippen MR) is 96.7 cm³/mol. The van der Waals surface area contributed by atoms with Gasteiger partial charge in [-0.15, -0.1) is 0 Å². The second kappa shape index (κ2) is 5.98. The number of aryl methyl sites for hydroxylation is 1. The summed E-state index contributed by atoms with van der Waals surface area (Å²) in [6.45, 7) is 7.92. The van der Waals surface area contributed by atoms with Gasteiger partial charge in [0.15, 0.2) is 0 Å². The summed E-state index contributed by atoms with van der Waals surface area (Å²) in [6, 6.07) is 0. The number of hydrogen-bond donors (Lipinski definition) is 0. The maximum atomic E-state index is 12.9. The smallest absolute Gasteiger partial charge is 0.260 e. The first kappa shape index (κ1) is 15.8. The van der Waals surface area contributed by atoms with Crippen molar-refractivity contribution in [1.29, 1.82) is 0 Å². The highest BCUT2D eigenvalue weighted by atomic mass is 16.1. The van der Waals surface area contributed by atoms with Gasteiger partial charge in [-0.05, 0) is 12.3 Å². The van der Waals surface area contributed by atoms with E-state index in [0.29, 0.717) is 30.5 Å². The molecule has 25 heavy (non-hydrogen) atoms. The van der Waals surface area contributed by atoms with Crippen LogP contribution in [0.3, 0.4) is 0 Å². The highest BCUT2D eigenvalue weighted by Gasteiger charge is 2.25. The van der Waals surface area contributed by atoms with E-state index in [1.165, 1.54) is 0 Å². The Kier molecular flexibility index (Phi) is 3.78. The van der Waals surface area contributed by atoms with Gasteiger partial charge in [0.05, 0.1) is 17.5 Å². The van der Waals surface area contributed by atoms with Crippen molar-refractivity contribution in [2.24, 2.45) is 10.9 Å². The van der Waals surface area contributed by atoms with Crippen molar-refractivity contribution in [2.45, 2.75) is 46.7 Å². The maximum Gasteiger partial charge on any atom is 0.260 e. The first-order chi connectivity index (χ1) is 12.1. The molecule has 1 aliphatic rings. The molecule has 1 aliphatic heterocycles. The summed E-state index contributed by atoms with van der Waals surface area (Å²) in [6.07, 6.45) is 8.86. The molecule has 0 N–H and O–H groups in total. The lowest BCUT2D eigenvalue weighted by atomic mass is 10.1. The Labute approximate surface area is 145 Å². The molecule has 0 spiro atoms. The van der Waals surface area contributed by atoms with Crippen LogP contribution in [-0.4, -0.2) is 29.4 Å². The normalized spacial score (nSPS) is 13.7. The molecule has 130 valence electrons. The van der Waals surface area contributed by atoms with Gasteiger partial charge in [0.2, 0.25) is 5.78 Å². The third-order valence-corrected chi connectivity index (χ3v) is 4.42. The summed E-state index contributed by atoms with van der Waals surface area (Å²) in [5.74, 6) is 1.89. The van der Waals surface area contributed by atoms with E-state index in [2.05, 4.69) is 30.9 Å². The molecule has 0 saturated heterocycles. The quantitative estimate of drug-likeness (QED) is 0.717. The van der Waals surface area contributed by atoms with E-state index in [-0.39, 0.29) is 5.56 Å². The van der Waals surface area contributed by atoms with Gasteiger partial charge in [-0.1, -0.05) is 20.8 Å².